The Kier molecular flexibility index (Phi) is 3.63. The zero-order chi connectivity index (χ0) is 13.9. The highest BCUT2D eigenvalue weighted by Crippen LogP contribution is 2.38. The molecule has 0 aromatic carbocycles. The Balaban J connectivity index is 1.68. The maximum atomic E-state index is 4.70. The summed E-state index contributed by atoms with van der Waals surface area (Å²) in [5, 5.41) is 0. The van der Waals surface area contributed by atoms with Gasteiger partial charge in [-0.15, -0.1) is 0 Å². The predicted octanol–water partition coefficient (Wildman–Crippen LogP) is 2.74. The second-order valence-electron chi connectivity index (χ2n) is 5.49. The molecule has 104 valence electrons. The normalized spacial score (nSPS) is 14.3. The van der Waals surface area contributed by atoms with Crippen molar-refractivity contribution in [3.63, 3.8) is 0 Å². The minimum absolute atomic E-state index is 0.595. The molecule has 1 saturated carbocycles. The van der Waals surface area contributed by atoms with Crippen molar-refractivity contribution in [1.82, 2.24) is 15.0 Å². The van der Waals surface area contributed by atoms with Gasteiger partial charge in [-0.1, -0.05) is 6.07 Å². The number of rotatable bonds is 5. The lowest BCUT2D eigenvalue weighted by Gasteiger charge is -2.19. The van der Waals surface area contributed by atoms with Crippen LogP contribution >= 0.6 is 0 Å². The molecule has 4 heteroatoms. The molecule has 2 heterocycles. The summed E-state index contributed by atoms with van der Waals surface area (Å²) in [5.41, 5.74) is 2.18. The van der Waals surface area contributed by atoms with Crippen molar-refractivity contribution in [2.24, 2.45) is 0 Å². The first-order chi connectivity index (χ1) is 9.72. The van der Waals surface area contributed by atoms with Crippen molar-refractivity contribution in [1.29, 1.82) is 0 Å². The second-order valence-corrected chi connectivity index (χ2v) is 5.49. The molecule has 2 aromatic heterocycles. The molecule has 1 fully saturated rings. The van der Waals surface area contributed by atoms with Crippen LogP contribution in [0.4, 0.5) is 5.82 Å². The van der Waals surface area contributed by atoms with Gasteiger partial charge < -0.3 is 4.90 Å². The summed E-state index contributed by atoms with van der Waals surface area (Å²) in [6.45, 7) is 2.96. The van der Waals surface area contributed by atoms with E-state index in [0.29, 0.717) is 5.92 Å². The van der Waals surface area contributed by atoms with E-state index in [4.69, 9.17) is 4.98 Å². The molecule has 0 saturated heterocycles. The van der Waals surface area contributed by atoms with E-state index >= 15 is 0 Å². The summed E-state index contributed by atoms with van der Waals surface area (Å²) in [6, 6.07) is 8.10. The van der Waals surface area contributed by atoms with Crippen LogP contribution in [0.25, 0.3) is 0 Å². The van der Waals surface area contributed by atoms with Crippen molar-refractivity contribution in [2.75, 3.05) is 18.5 Å². The van der Waals surface area contributed by atoms with Crippen molar-refractivity contribution < 1.29 is 0 Å². The van der Waals surface area contributed by atoms with Crippen LogP contribution in [-0.2, 0) is 6.42 Å². The Morgan fingerprint density at radius 1 is 1.25 bits per heavy atom. The summed E-state index contributed by atoms with van der Waals surface area (Å²) in [6.07, 6.45) is 5.25. The Hall–Kier alpha value is -1.97. The maximum Gasteiger partial charge on any atom is 0.134 e. The molecule has 0 unspecified atom stereocenters. The third-order valence-electron chi connectivity index (χ3n) is 3.62. The molecule has 20 heavy (non-hydrogen) atoms. The van der Waals surface area contributed by atoms with Gasteiger partial charge in [0.1, 0.15) is 11.6 Å². The molecule has 0 aliphatic heterocycles. The third-order valence-corrected chi connectivity index (χ3v) is 3.62. The minimum Gasteiger partial charge on any atom is -0.359 e. The molecule has 1 aliphatic rings. The predicted molar refractivity (Wildman–Crippen MR) is 80.0 cm³/mol. The second kappa shape index (κ2) is 5.57. The van der Waals surface area contributed by atoms with E-state index < -0.39 is 0 Å². The monoisotopic (exact) mass is 268 g/mol. The van der Waals surface area contributed by atoms with Crippen molar-refractivity contribution >= 4 is 5.82 Å². The smallest absolute Gasteiger partial charge is 0.134 e. The maximum absolute atomic E-state index is 4.70. The average molecular weight is 268 g/mol. The van der Waals surface area contributed by atoms with Gasteiger partial charge in [0.05, 0.1) is 0 Å². The van der Waals surface area contributed by atoms with E-state index in [1.807, 2.05) is 25.3 Å². The fraction of sp³-hybridized carbons (Fsp3) is 0.438. The Bertz CT molecular complexity index is 578. The van der Waals surface area contributed by atoms with E-state index in [-0.39, 0.29) is 0 Å². The fourth-order valence-corrected chi connectivity index (χ4v) is 2.24. The van der Waals surface area contributed by atoms with Crippen LogP contribution in [0.3, 0.4) is 0 Å². The zero-order valence-corrected chi connectivity index (χ0v) is 12.1. The molecule has 0 bridgehead atoms. The highest BCUT2D eigenvalue weighted by molar-refractivity contribution is 5.39. The van der Waals surface area contributed by atoms with E-state index in [1.54, 1.807) is 0 Å². The molecular weight excluding hydrogens is 248 g/mol. The number of hydrogen-bond donors (Lipinski definition) is 0. The minimum atomic E-state index is 0.595. The average Bonchev–Trinajstić information content (AvgIpc) is 3.30. The molecule has 0 spiro atoms. The quantitative estimate of drug-likeness (QED) is 0.836. The standard InChI is InChI=1S/C16H20N4/c1-12-11-15(19-16(18-12)13-6-7-13)20(2)10-8-14-5-3-4-9-17-14/h3-5,9,11,13H,6-8,10H2,1-2H3. The van der Waals surface area contributed by atoms with Crippen LogP contribution in [0.1, 0.15) is 36.0 Å². The van der Waals surface area contributed by atoms with Crippen LogP contribution in [-0.4, -0.2) is 28.5 Å². The Morgan fingerprint density at radius 3 is 2.80 bits per heavy atom. The van der Waals surface area contributed by atoms with Crippen LogP contribution < -0.4 is 4.90 Å². The van der Waals surface area contributed by atoms with Crippen molar-refractivity contribution in [3.05, 3.63) is 47.7 Å². The topological polar surface area (TPSA) is 41.9 Å². The van der Waals surface area contributed by atoms with Gasteiger partial charge in [0.15, 0.2) is 0 Å². The molecule has 0 N–H and O–H groups in total. The molecule has 4 nitrogen and oxygen atoms in total. The van der Waals surface area contributed by atoms with Gasteiger partial charge in [-0.3, -0.25) is 4.98 Å². The number of aryl methyl sites for hydroxylation is 1. The number of pyridine rings is 1. The summed E-state index contributed by atoms with van der Waals surface area (Å²) < 4.78 is 0. The van der Waals surface area contributed by atoms with Gasteiger partial charge in [-0.25, -0.2) is 9.97 Å². The molecular formula is C16H20N4. The summed E-state index contributed by atoms with van der Waals surface area (Å²) >= 11 is 0. The highest BCUT2D eigenvalue weighted by Gasteiger charge is 2.27. The summed E-state index contributed by atoms with van der Waals surface area (Å²) in [7, 11) is 2.08. The van der Waals surface area contributed by atoms with Gasteiger partial charge in [-0.05, 0) is 31.9 Å². The summed E-state index contributed by atoms with van der Waals surface area (Å²) in [4.78, 5) is 15.8. The van der Waals surface area contributed by atoms with Crippen LogP contribution in [0.15, 0.2) is 30.5 Å². The van der Waals surface area contributed by atoms with E-state index in [2.05, 4.69) is 34.0 Å². The van der Waals surface area contributed by atoms with Gasteiger partial charge in [0, 0.05) is 49.6 Å². The van der Waals surface area contributed by atoms with E-state index in [0.717, 1.165) is 36.0 Å². The molecule has 0 atom stereocenters. The fourth-order valence-electron chi connectivity index (χ4n) is 2.24. The van der Waals surface area contributed by atoms with Gasteiger partial charge in [0.25, 0.3) is 0 Å². The van der Waals surface area contributed by atoms with Crippen molar-refractivity contribution in [3.8, 4) is 0 Å². The Labute approximate surface area is 119 Å². The summed E-state index contributed by atoms with van der Waals surface area (Å²) in [5.74, 6) is 2.64. The SMILES string of the molecule is Cc1cc(N(C)CCc2ccccn2)nc(C2CC2)n1. The van der Waals surface area contributed by atoms with Gasteiger partial charge >= 0.3 is 0 Å². The highest BCUT2D eigenvalue weighted by atomic mass is 15.2. The number of nitrogens with zero attached hydrogens (tertiary/aromatic N) is 4. The number of hydrogen-bond acceptors (Lipinski definition) is 4. The Morgan fingerprint density at radius 2 is 2.10 bits per heavy atom. The molecule has 0 radical (unpaired) electrons. The van der Waals surface area contributed by atoms with Crippen molar-refractivity contribution in [2.45, 2.75) is 32.1 Å². The third kappa shape index (κ3) is 3.13. The first kappa shape index (κ1) is 13.0. The molecule has 0 amide bonds. The zero-order valence-electron chi connectivity index (χ0n) is 12.1. The van der Waals surface area contributed by atoms with E-state index in [9.17, 15) is 0 Å². The van der Waals surface area contributed by atoms with Crippen LogP contribution in [0.2, 0.25) is 0 Å². The number of aromatic nitrogens is 3. The molecule has 2 aromatic rings. The lowest BCUT2D eigenvalue weighted by atomic mass is 10.2. The first-order valence-corrected chi connectivity index (χ1v) is 7.19. The van der Waals surface area contributed by atoms with Crippen LogP contribution in [0.5, 0.6) is 0 Å². The lowest BCUT2D eigenvalue weighted by Crippen LogP contribution is -2.22. The van der Waals surface area contributed by atoms with E-state index in [1.165, 1.54) is 12.8 Å². The van der Waals surface area contributed by atoms with Gasteiger partial charge in [0.2, 0.25) is 0 Å². The number of anilines is 1. The molecule has 3 rings (SSSR count). The first-order valence-electron chi connectivity index (χ1n) is 7.19. The molecule has 1 aliphatic carbocycles. The number of likely N-dealkylation sites (N-methyl/N-ethyl adjacent to an activating group) is 1. The largest absolute Gasteiger partial charge is 0.359 e. The van der Waals surface area contributed by atoms with Crippen LogP contribution in [0, 0.1) is 6.92 Å². The van der Waals surface area contributed by atoms with Gasteiger partial charge in [-0.2, -0.15) is 0 Å². The lowest BCUT2D eigenvalue weighted by molar-refractivity contribution is 0.815.